The monoisotopic (exact) mass is 334 g/mol. The number of piperidine rings is 1. The van der Waals surface area contributed by atoms with E-state index in [0.29, 0.717) is 37.5 Å². The van der Waals surface area contributed by atoms with E-state index in [-0.39, 0.29) is 18.5 Å². The minimum Gasteiger partial charge on any atom is -0.430 e. The largest absolute Gasteiger partial charge is 0.509 e. The molecule has 0 atom stereocenters. The highest BCUT2D eigenvalue weighted by atomic mass is 16.8. The Morgan fingerprint density at radius 1 is 1.38 bits per heavy atom. The van der Waals surface area contributed by atoms with Gasteiger partial charge in [0, 0.05) is 31.6 Å². The lowest BCUT2D eigenvalue weighted by Crippen LogP contribution is -2.48. The predicted octanol–water partition coefficient (Wildman–Crippen LogP) is 1.40. The Balaban J connectivity index is 1.69. The number of ether oxygens (including phenoxy) is 2. The third-order valence-electron chi connectivity index (χ3n) is 4.35. The molecule has 2 fully saturated rings. The van der Waals surface area contributed by atoms with E-state index in [1.165, 1.54) is 0 Å². The second-order valence-corrected chi connectivity index (χ2v) is 6.82. The van der Waals surface area contributed by atoms with Gasteiger partial charge in [-0.05, 0) is 18.4 Å². The molecule has 0 aliphatic carbocycles. The van der Waals surface area contributed by atoms with Gasteiger partial charge in [0.05, 0.1) is 0 Å². The van der Waals surface area contributed by atoms with Crippen LogP contribution in [0.2, 0.25) is 0 Å². The summed E-state index contributed by atoms with van der Waals surface area (Å²) >= 11 is 0. The molecule has 1 aromatic rings. The fraction of sp³-hybridized carbons (Fsp3) is 0.625. The number of carbonyl (C=O) groups is 2. The van der Waals surface area contributed by atoms with Crippen LogP contribution in [-0.4, -0.2) is 52.2 Å². The molecule has 0 unspecified atom stereocenters. The molecule has 3 rings (SSSR count). The van der Waals surface area contributed by atoms with Crippen LogP contribution in [0.5, 0.6) is 0 Å². The number of amides is 1. The van der Waals surface area contributed by atoms with Crippen LogP contribution in [0, 0.1) is 5.92 Å². The van der Waals surface area contributed by atoms with E-state index < -0.39 is 11.8 Å². The number of nitrogens with two attached hydrogens (primary N) is 1. The Labute approximate surface area is 140 Å². The van der Waals surface area contributed by atoms with E-state index in [1.807, 2.05) is 0 Å². The quantitative estimate of drug-likeness (QED) is 0.832. The van der Waals surface area contributed by atoms with Crippen LogP contribution in [0.3, 0.4) is 0 Å². The van der Waals surface area contributed by atoms with Crippen molar-refractivity contribution in [2.24, 2.45) is 5.92 Å². The van der Waals surface area contributed by atoms with Crippen molar-refractivity contribution < 1.29 is 19.1 Å². The maximum Gasteiger partial charge on any atom is 0.509 e. The third kappa shape index (κ3) is 3.42. The van der Waals surface area contributed by atoms with Crippen LogP contribution in [-0.2, 0) is 15.9 Å². The molecule has 130 valence electrons. The molecule has 2 N–H and O–H groups in total. The molecular formula is C16H22N4O4. The van der Waals surface area contributed by atoms with Crippen molar-refractivity contribution in [3.8, 4) is 0 Å². The number of aromatic nitrogens is 2. The van der Waals surface area contributed by atoms with Gasteiger partial charge in [0.15, 0.2) is 5.60 Å². The van der Waals surface area contributed by atoms with E-state index >= 15 is 0 Å². The Morgan fingerprint density at radius 3 is 2.67 bits per heavy atom. The molecule has 8 heteroatoms. The average molecular weight is 334 g/mol. The van der Waals surface area contributed by atoms with Gasteiger partial charge in [-0.3, -0.25) is 4.79 Å². The number of carbonyl (C=O) groups excluding carboxylic acids is 2. The normalized spacial score (nSPS) is 19.5. The lowest BCUT2D eigenvalue weighted by molar-refractivity contribution is 0.00263. The van der Waals surface area contributed by atoms with Crippen LogP contribution in [0.1, 0.15) is 42.9 Å². The van der Waals surface area contributed by atoms with E-state index in [9.17, 15) is 9.59 Å². The zero-order valence-corrected chi connectivity index (χ0v) is 13.9. The van der Waals surface area contributed by atoms with Gasteiger partial charge in [0.2, 0.25) is 5.95 Å². The number of cyclic esters (lactones) is 1. The summed E-state index contributed by atoms with van der Waals surface area (Å²) in [4.78, 5) is 33.8. The molecule has 1 amide bonds. The zero-order chi connectivity index (χ0) is 17.3. The van der Waals surface area contributed by atoms with Gasteiger partial charge >= 0.3 is 6.16 Å². The van der Waals surface area contributed by atoms with Crippen LogP contribution < -0.4 is 5.73 Å². The maximum absolute atomic E-state index is 12.7. The number of hydrogen-bond acceptors (Lipinski definition) is 7. The lowest BCUT2D eigenvalue weighted by Gasteiger charge is -2.36. The summed E-state index contributed by atoms with van der Waals surface area (Å²) in [5.74, 6) is 0.353. The molecule has 0 bridgehead atoms. The van der Waals surface area contributed by atoms with Gasteiger partial charge in [0.1, 0.15) is 12.3 Å². The van der Waals surface area contributed by atoms with Crippen molar-refractivity contribution >= 4 is 18.0 Å². The Kier molecular flexibility index (Phi) is 4.29. The van der Waals surface area contributed by atoms with Gasteiger partial charge < -0.3 is 20.1 Å². The molecule has 0 saturated carbocycles. The van der Waals surface area contributed by atoms with E-state index in [1.54, 1.807) is 11.0 Å². The van der Waals surface area contributed by atoms with E-state index in [2.05, 4.69) is 23.8 Å². The van der Waals surface area contributed by atoms with Crippen molar-refractivity contribution in [1.82, 2.24) is 14.9 Å². The molecule has 1 spiro atoms. The maximum atomic E-state index is 12.7. The standard InChI is InChI=1S/C16H22N4O4/c1-10(2)7-11-8-12(19-14(17)18-11)13(21)20-5-3-16(4-6-20)9-23-15(22)24-16/h8,10H,3-7,9H2,1-2H3,(H2,17,18,19). The number of nitrogens with zero attached hydrogens (tertiary/aromatic N) is 3. The van der Waals surface area contributed by atoms with Crippen LogP contribution in [0.25, 0.3) is 0 Å². The van der Waals surface area contributed by atoms with Gasteiger partial charge in [-0.15, -0.1) is 0 Å². The predicted molar refractivity (Wildman–Crippen MR) is 85.3 cm³/mol. The minimum absolute atomic E-state index is 0.114. The van der Waals surface area contributed by atoms with Crippen LogP contribution in [0.4, 0.5) is 10.7 Å². The third-order valence-corrected chi connectivity index (χ3v) is 4.35. The van der Waals surface area contributed by atoms with E-state index in [4.69, 9.17) is 15.2 Å². The molecule has 24 heavy (non-hydrogen) atoms. The Hall–Kier alpha value is -2.38. The number of anilines is 1. The molecule has 1 aromatic heterocycles. The van der Waals surface area contributed by atoms with Crippen molar-refractivity contribution in [2.45, 2.75) is 38.7 Å². The second-order valence-electron chi connectivity index (χ2n) is 6.82. The first-order valence-electron chi connectivity index (χ1n) is 8.15. The smallest absolute Gasteiger partial charge is 0.430 e. The minimum atomic E-state index is -0.628. The highest BCUT2D eigenvalue weighted by Crippen LogP contribution is 2.32. The van der Waals surface area contributed by atoms with Gasteiger partial charge in [0.25, 0.3) is 5.91 Å². The van der Waals surface area contributed by atoms with Gasteiger partial charge in [-0.2, -0.15) is 0 Å². The summed E-state index contributed by atoms with van der Waals surface area (Å²) in [6.07, 6.45) is 1.23. The highest BCUT2D eigenvalue weighted by Gasteiger charge is 2.45. The fourth-order valence-electron chi connectivity index (χ4n) is 3.10. The van der Waals surface area contributed by atoms with E-state index in [0.717, 1.165) is 12.1 Å². The van der Waals surface area contributed by atoms with Crippen molar-refractivity contribution in [3.05, 3.63) is 17.5 Å². The van der Waals surface area contributed by atoms with Crippen molar-refractivity contribution in [3.63, 3.8) is 0 Å². The number of likely N-dealkylation sites (tertiary alicyclic amines) is 1. The molecule has 2 aliphatic heterocycles. The average Bonchev–Trinajstić information content (AvgIpc) is 2.87. The van der Waals surface area contributed by atoms with Crippen LogP contribution >= 0.6 is 0 Å². The second kappa shape index (κ2) is 6.26. The topological polar surface area (TPSA) is 108 Å². The van der Waals surface area contributed by atoms with Gasteiger partial charge in [-0.25, -0.2) is 14.8 Å². The molecule has 2 aliphatic rings. The lowest BCUT2D eigenvalue weighted by atomic mass is 9.92. The summed E-state index contributed by atoms with van der Waals surface area (Å²) in [6.45, 7) is 5.38. The summed E-state index contributed by atoms with van der Waals surface area (Å²) in [5, 5.41) is 0. The molecule has 8 nitrogen and oxygen atoms in total. The Morgan fingerprint density at radius 2 is 2.08 bits per heavy atom. The van der Waals surface area contributed by atoms with Crippen molar-refractivity contribution in [2.75, 3.05) is 25.4 Å². The molecular weight excluding hydrogens is 312 g/mol. The highest BCUT2D eigenvalue weighted by molar-refractivity contribution is 5.92. The molecule has 3 heterocycles. The summed E-state index contributed by atoms with van der Waals surface area (Å²) in [5.41, 5.74) is 6.25. The van der Waals surface area contributed by atoms with Gasteiger partial charge in [-0.1, -0.05) is 13.8 Å². The molecule has 0 radical (unpaired) electrons. The number of rotatable bonds is 3. The summed E-state index contributed by atoms with van der Waals surface area (Å²) in [7, 11) is 0. The Bertz CT molecular complexity index is 653. The molecule has 2 saturated heterocycles. The first-order chi connectivity index (χ1) is 11.4. The van der Waals surface area contributed by atoms with Crippen molar-refractivity contribution in [1.29, 1.82) is 0 Å². The number of hydrogen-bond donors (Lipinski definition) is 1. The molecule has 0 aromatic carbocycles. The zero-order valence-electron chi connectivity index (χ0n) is 13.9. The summed E-state index contributed by atoms with van der Waals surface area (Å²) < 4.78 is 10.2. The number of nitrogen functional groups attached to an aromatic ring is 1. The van der Waals surface area contributed by atoms with Crippen LogP contribution in [0.15, 0.2) is 6.07 Å². The summed E-state index contributed by atoms with van der Waals surface area (Å²) in [6, 6.07) is 1.71. The SMILES string of the molecule is CC(C)Cc1cc(C(=O)N2CCC3(CC2)COC(=O)O3)nc(N)n1. The first kappa shape index (κ1) is 16.5. The fourth-order valence-corrected chi connectivity index (χ4v) is 3.10. The first-order valence-corrected chi connectivity index (χ1v) is 8.15.